The van der Waals surface area contributed by atoms with Crippen molar-refractivity contribution in [1.82, 2.24) is 4.90 Å². The summed E-state index contributed by atoms with van der Waals surface area (Å²) in [5, 5.41) is 8.45. The molecule has 1 aromatic carbocycles. The zero-order chi connectivity index (χ0) is 15.5. The number of sulfonamides is 1. The first kappa shape index (κ1) is 16.1. The van der Waals surface area contributed by atoms with Crippen molar-refractivity contribution >= 4 is 21.4 Å². The van der Waals surface area contributed by atoms with Crippen LogP contribution in [0.5, 0.6) is 0 Å². The molecule has 1 aliphatic rings. The summed E-state index contributed by atoms with van der Waals surface area (Å²) in [6.07, 6.45) is 3.80. The van der Waals surface area contributed by atoms with Gasteiger partial charge in [0, 0.05) is 12.6 Å². The number of primary sulfonamides is 1. The molecule has 1 unspecified atom stereocenters. The fourth-order valence-corrected chi connectivity index (χ4v) is 3.44. The monoisotopic (exact) mass is 312 g/mol. The molecule has 2 rings (SSSR count). The lowest BCUT2D eigenvalue weighted by atomic mass is 10.1. The number of hydrogen-bond acceptors (Lipinski definition) is 5. The molecule has 1 saturated heterocycles. The van der Waals surface area contributed by atoms with Gasteiger partial charge in [0.25, 0.3) is 0 Å². The van der Waals surface area contributed by atoms with Crippen LogP contribution in [0.25, 0.3) is 0 Å². The molecule has 0 amide bonds. The lowest BCUT2D eigenvalue weighted by Crippen LogP contribution is -2.38. The maximum absolute atomic E-state index is 11.5. The molecule has 1 aromatic rings. The Hall–Kier alpha value is -1.31. The lowest BCUT2D eigenvalue weighted by molar-refractivity contribution is 0.223. The van der Waals surface area contributed by atoms with E-state index in [1.54, 1.807) is 12.1 Å². The average Bonchev–Trinajstić information content (AvgIpc) is 2.41. The van der Waals surface area contributed by atoms with Crippen LogP contribution in [0.3, 0.4) is 0 Å². The molecule has 1 atom stereocenters. The number of para-hydroxylation sites is 1. The summed E-state index contributed by atoms with van der Waals surface area (Å²) in [5.41, 5.74) is 6.72. The van der Waals surface area contributed by atoms with Gasteiger partial charge < -0.3 is 16.0 Å². The molecule has 7 heteroatoms. The van der Waals surface area contributed by atoms with Crippen LogP contribution < -0.4 is 16.2 Å². The summed E-state index contributed by atoms with van der Waals surface area (Å²) < 4.78 is 22.9. The van der Waals surface area contributed by atoms with Gasteiger partial charge >= 0.3 is 0 Å². The molecule has 0 aromatic heterocycles. The minimum absolute atomic E-state index is 0.0299. The van der Waals surface area contributed by atoms with E-state index in [-0.39, 0.29) is 16.6 Å². The topological polar surface area (TPSA) is 101 Å². The second-order valence-corrected chi connectivity index (χ2v) is 7.20. The Bertz CT molecular complexity index is 583. The SMILES string of the molecule is CC(CN1CCCCC1)Nc1cccc(S(N)(=O)=O)c1N. The van der Waals surface area contributed by atoms with Crippen LogP contribution in [-0.4, -0.2) is 39.0 Å². The van der Waals surface area contributed by atoms with E-state index in [1.807, 2.05) is 0 Å². The summed E-state index contributed by atoms with van der Waals surface area (Å²) in [7, 11) is -3.79. The average molecular weight is 312 g/mol. The fraction of sp³-hybridized carbons (Fsp3) is 0.571. The molecular formula is C14H24N4O2S. The third kappa shape index (κ3) is 4.33. The van der Waals surface area contributed by atoms with Crippen LogP contribution in [0, 0.1) is 0 Å². The normalized spacial score (nSPS) is 18.4. The Balaban J connectivity index is 2.05. The number of nitrogens with one attached hydrogen (secondary N) is 1. The number of anilines is 2. The van der Waals surface area contributed by atoms with Gasteiger partial charge in [-0.15, -0.1) is 0 Å². The van der Waals surface area contributed by atoms with E-state index in [1.165, 1.54) is 25.3 Å². The largest absolute Gasteiger partial charge is 0.396 e. The van der Waals surface area contributed by atoms with Gasteiger partial charge in [0.05, 0.1) is 11.4 Å². The van der Waals surface area contributed by atoms with Crippen molar-refractivity contribution in [3.8, 4) is 0 Å². The van der Waals surface area contributed by atoms with E-state index in [2.05, 4.69) is 17.1 Å². The minimum atomic E-state index is -3.79. The zero-order valence-corrected chi connectivity index (χ0v) is 13.2. The number of benzene rings is 1. The first-order valence-electron chi connectivity index (χ1n) is 7.28. The van der Waals surface area contributed by atoms with Crippen molar-refractivity contribution in [2.24, 2.45) is 5.14 Å². The second-order valence-electron chi connectivity index (χ2n) is 5.67. The van der Waals surface area contributed by atoms with Gasteiger partial charge in [0.1, 0.15) is 4.90 Å². The highest BCUT2D eigenvalue weighted by Crippen LogP contribution is 2.26. The molecule has 6 nitrogen and oxygen atoms in total. The highest BCUT2D eigenvalue weighted by Gasteiger charge is 2.17. The van der Waals surface area contributed by atoms with E-state index in [4.69, 9.17) is 10.9 Å². The molecule has 0 aliphatic carbocycles. The maximum Gasteiger partial charge on any atom is 0.240 e. The highest BCUT2D eigenvalue weighted by molar-refractivity contribution is 7.89. The summed E-state index contributed by atoms with van der Waals surface area (Å²) in [4.78, 5) is 2.39. The van der Waals surface area contributed by atoms with Crippen molar-refractivity contribution in [1.29, 1.82) is 0 Å². The second kappa shape index (κ2) is 6.64. The molecule has 118 valence electrons. The van der Waals surface area contributed by atoms with Crippen molar-refractivity contribution < 1.29 is 8.42 Å². The Morgan fingerprint density at radius 2 is 1.95 bits per heavy atom. The molecule has 0 spiro atoms. The van der Waals surface area contributed by atoms with E-state index < -0.39 is 10.0 Å². The molecule has 5 N–H and O–H groups in total. The number of piperidine rings is 1. The van der Waals surface area contributed by atoms with Crippen LogP contribution in [0.4, 0.5) is 11.4 Å². The lowest BCUT2D eigenvalue weighted by Gasteiger charge is -2.30. The molecule has 0 saturated carbocycles. The van der Waals surface area contributed by atoms with Crippen LogP contribution in [-0.2, 0) is 10.0 Å². The van der Waals surface area contributed by atoms with E-state index in [0.717, 1.165) is 19.6 Å². The van der Waals surface area contributed by atoms with E-state index in [9.17, 15) is 8.42 Å². The predicted molar refractivity (Wildman–Crippen MR) is 85.6 cm³/mol. The van der Waals surface area contributed by atoms with Crippen molar-refractivity contribution in [3.63, 3.8) is 0 Å². The quantitative estimate of drug-likeness (QED) is 0.709. The van der Waals surface area contributed by atoms with Gasteiger partial charge in [-0.1, -0.05) is 12.5 Å². The molecule has 0 radical (unpaired) electrons. The van der Waals surface area contributed by atoms with Gasteiger partial charge in [-0.25, -0.2) is 13.6 Å². The van der Waals surface area contributed by atoms with Crippen LogP contribution in [0.2, 0.25) is 0 Å². The van der Waals surface area contributed by atoms with Gasteiger partial charge in [0.15, 0.2) is 0 Å². The standard InChI is InChI=1S/C14H24N4O2S/c1-11(10-18-8-3-2-4-9-18)17-12-6-5-7-13(14(12)15)21(16,19)20/h5-7,11,17H,2-4,8-10,15H2,1H3,(H2,16,19,20). The van der Waals surface area contributed by atoms with Crippen molar-refractivity contribution in [2.75, 3.05) is 30.7 Å². The molecule has 21 heavy (non-hydrogen) atoms. The van der Waals surface area contributed by atoms with Crippen LogP contribution in [0.15, 0.2) is 23.1 Å². The van der Waals surface area contributed by atoms with Gasteiger partial charge in [-0.2, -0.15) is 0 Å². The highest BCUT2D eigenvalue weighted by atomic mass is 32.2. The smallest absolute Gasteiger partial charge is 0.240 e. The summed E-state index contributed by atoms with van der Waals surface area (Å²) >= 11 is 0. The number of hydrogen-bond donors (Lipinski definition) is 3. The molecule has 1 fully saturated rings. The zero-order valence-electron chi connectivity index (χ0n) is 12.4. The summed E-state index contributed by atoms with van der Waals surface area (Å²) in [6, 6.07) is 5.02. The number of nitrogens with zero attached hydrogens (tertiary/aromatic N) is 1. The molecule has 1 aliphatic heterocycles. The number of rotatable bonds is 5. The van der Waals surface area contributed by atoms with Gasteiger partial charge in [-0.05, 0) is 45.0 Å². The van der Waals surface area contributed by atoms with E-state index >= 15 is 0 Å². The number of nitrogen functional groups attached to an aromatic ring is 1. The minimum Gasteiger partial charge on any atom is -0.396 e. The van der Waals surface area contributed by atoms with E-state index in [0.29, 0.717) is 5.69 Å². The number of likely N-dealkylation sites (tertiary alicyclic amines) is 1. The molecular weight excluding hydrogens is 288 g/mol. The summed E-state index contributed by atoms with van der Waals surface area (Å²) in [6.45, 7) is 5.23. The fourth-order valence-electron chi connectivity index (χ4n) is 2.76. The maximum atomic E-state index is 11.5. The molecule has 0 bridgehead atoms. The first-order valence-corrected chi connectivity index (χ1v) is 8.83. The molecule has 1 heterocycles. The Kier molecular flexibility index (Phi) is 5.08. The van der Waals surface area contributed by atoms with Crippen molar-refractivity contribution in [2.45, 2.75) is 37.1 Å². The predicted octanol–water partition coefficient (Wildman–Crippen LogP) is 1.20. The van der Waals surface area contributed by atoms with Crippen LogP contribution in [0.1, 0.15) is 26.2 Å². The third-order valence-electron chi connectivity index (χ3n) is 3.76. The summed E-state index contributed by atoms with van der Waals surface area (Å²) in [5.74, 6) is 0. The number of nitrogens with two attached hydrogens (primary N) is 2. The van der Waals surface area contributed by atoms with Gasteiger partial charge in [0.2, 0.25) is 10.0 Å². The Morgan fingerprint density at radius 1 is 1.29 bits per heavy atom. The van der Waals surface area contributed by atoms with Gasteiger partial charge in [-0.3, -0.25) is 0 Å². The Labute approximate surface area is 126 Å². The Morgan fingerprint density at radius 3 is 2.57 bits per heavy atom. The van der Waals surface area contributed by atoms with Crippen molar-refractivity contribution in [3.05, 3.63) is 18.2 Å². The third-order valence-corrected chi connectivity index (χ3v) is 4.72. The first-order chi connectivity index (χ1) is 9.88. The van der Waals surface area contributed by atoms with Crippen LogP contribution >= 0.6 is 0 Å².